The van der Waals surface area contributed by atoms with E-state index in [1.54, 1.807) is 0 Å². The summed E-state index contributed by atoms with van der Waals surface area (Å²) in [6.07, 6.45) is 6.89. The minimum atomic E-state index is 0.588. The average molecular weight is 368 g/mol. The first-order valence-electron chi connectivity index (χ1n) is 10.9. The number of likely N-dealkylation sites (tertiary alicyclic amines) is 1. The van der Waals surface area contributed by atoms with Crippen LogP contribution in [-0.4, -0.2) is 72.2 Å². The molecule has 5 heteroatoms. The number of imidazole rings is 1. The van der Waals surface area contributed by atoms with E-state index in [4.69, 9.17) is 4.98 Å². The van der Waals surface area contributed by atoms with E-state index in [9.17, 15) is 0 Å². The number of piperidine rings is 1. The molecule has 2 aliphatic heterocycles. The molecule has 5 rings (SSSR count). The first kappa shape index (κ1) is 17.5. The number of piperazine rings is 1. The van der Waals surface area contributed by atoms with E-state index in [0.717, 1.165) is 37.6 Å². The molecule has 0 radical (unpaired) electrons. The summed E-state index contributed by atoms with van der Waals surface area (Å²) in [4.78, 5) is 12.7. The minimum absolute atomic E-state index is 0.588. The lowest BCUT2D eigenvalue weighted by atomic mass is 9.84. The number of anilines is 1. The van der Waals surface area contributed by atoms with Gasteiger partial charge in [0.25, 0.3) is 0 Å². The van der Waals surface area contributed by atoms with Gasteiger partial charge in [-0.1, -0.05) is 18.6 Å². The minimum Gasteiger partial charge on any atom is -0.340 e. The third-order valence-electron chi connectivity index (χ3n) is 7.03. The summed E-state index contributed by atoms with van der Waals surface area (Å²) >= 11 is 0. The molecule has 0 bridgehead atoms. The largest absolute Gasteiger partial charge is 0.340 e. The van der Waals surface area contributed by atoms with E-state index >= 15 is 0 Å². The second-order valence-corrected chi connectivity index (χ2v) is 8.89. The lowest BCUT2D eigenvalue weighted by Crippen LogP contribution is -2.46. The summed E-state index contributed by atoms with van der Waals surface area (Å²) in [5.74, 6) is 2.19. The molecule has 27 heavy (non-hydrogen) atoms. The fraction of sp³-hybridized carbons (Fsp3) is 0.682. The Morgan fingerprint density at radius 1 is 0.926 bits per heavy atom. The van der Waals surface area contributed by atoms with Crippen LogP contribution >= 0.6 is 0 Å². The van der Waals surface area contributed by atoms with Gasteiger partial charge in [-0.25, -0.2) is 4.98 Å². The first-order valence-corrected chi connectivity index (χ1v) is 10.9. The van der Waals surface area contributed by atoms with Gasteiger partial charge in [-0.2, -0.15) is 0 Å². The van der Waals surface area contributed by atoms with Crippen molar-refractivity contribution in [3.05, 3.63) is 24.3 Å². The maximum atomic E-state index is 5.08. The van der Waals surface area contributed by atoms with Crippen molar-refractivity contribution in [2.75, 3.05) is 57.8 Å². The van der Waals surface area contributed by atoms with Crippen LogP contribution in [0.25, 0.3) is 11.0 Å². The van der Waals surface area contributed by atoms with Crippen molar-refractivity contribution in [1.29, 1.82) is 0 Å². The Hall–Kier alpha value is -1.59. The van der Waals surface area contributed by atoms with Crippen molar-refractivity contribution in [3.63, 3.8) is 0 Å². The summed E-state index contributed by atoms with van der Waals surface area (Å²) in [6.45, 7) is 8.25. The topological polar surface area (TPSA) is 27.5 Å². The number of benzene rings is 1. The number of para-hydroxylation sites is 2. The van der Waals surface area contributed by atoms with Gasteiger partial charge in [0, 0.05) is 51.9 Å². The summed E-state index contributed by atoms with van der Waals surface area (Å²) in [7, 11) is 2.22. The lowest BCUT2D eigenvalue weighted by molar-refractivity contribution is 0.134. The van der Waals surface area contributed by atoms with Gasteiger partial charge in [-0.15, -0.1) is 0 Å². The van der Waals surface area contributed by atoms with Gasteiger partial charge in [0.05, 0.1) is 11.0 Å². The Morgan fingerprint density at radius 3 is 2.37 bits per heavy atom. The van der Waals surface area contributed by atoms with Crippen molar-refractivity contribution in [1.82, 2.24) is 19.4 Å². The second kappa shape index (κ2) is 7.44. The number of hydrogen-bond donors (Lipinski definition) is 0. The normalized spacial score (nSPS) is 23.8. The van der Waals surface area contributed by atoms with Crippen LogP contribution in [0.3, 0.4) is 0 Å². The summed E-state index contributed by atoms with van der Waals surface area (Å²) in [5.41, 5.74) is 2.48. The molecular formula is C22H33N5. The molecule has 2 aromatic rings. The van der Waals surface area contributed by atoms with E-state index in [1.807, 2.05) is 0 Å². The molecule has 146 valence electrons. The smallest absolute Gasteiger partial charge is 0.206 e. The van der Waals surface area contributed by atoms with Gasteiger partial charge >= 0.3 is 0 Å². The highest BCUT2D eigenvalue weighted by molar-refractivity contribution is 5.79. The van der Waals surface area contributed by atoms with Crippen LogP contribution in [0.2, 0.25) is 0 Å². The number of fused-ring (bicyclic) bond motifs is 1. The van der Waals surface area contributed by atoms with Gasteiger partial charge in [0.15, 0.2) is 0 Å². The van der Waals surface area contributed by atoms with Crippen molar-refractivity contribution < 1.29 is 0 Å². The molecule has 1 aromatic carbocycles. The van der Waals surface area contributed by atoms with E-state index in [-0.39, 0.29) is 0 Å². The standard InChI is InChI=1S/C22H33N5/c1-24-13-15-26(16-14-24)22-23-20-7-2-3-8-21(20)27(22)19-9-11-25(12-10-19)17-18-5-4-6-18/h2-3,7-8,18-19H,4-6,9-17H2,1H3. The maximum absolute atomic E-state index is 5.08. The van der Waals surface area contributed by atoms with Crippen LogP contribution in [0, 0.1) is 5.92 Å². The fourth-order valence-corrected chi connectivity index (χ4v) is 5.02. The van der Waals surface area contributed by atoms with E-state index < -0.39 is 0 Å². The molecule has 0 unspecified atom stereocenters. The molecule has 0 N–H and O–H groups in total. The van der Waals surface area contributed by atoms with Crippen molar-refractivity contribution in [3.8, 4) is 0 Å². The molecule has 0 atom stereocenters. The van der Waals surface area contributed by atoms with Crippen LogP contribution in [0.5, 0.6) is 0 Å². The average Bonchev–Trinajstić information content (AvgIpc) is 3.05. The number of likely N-dealkylation sites (N-methyl/N-ethyl adjacent to an activating group) is 1. The van der Waals surface area contributed by atoms with Gasteiger partial charge in [-0.3, -0.25) is 0 Å². The van der Waals surface area contributed by atoms with Crippen LogP contribution in [-0.2, 0) is 0 Å². The highest BCUT2D eigenvalue weighted by Crippen LogP contribution is 2.34. The predicted molar refractivity (Wildman–Crippen MR) is 111 cm³/mol. The van der Waals surface area contributed by atoms with Crippen LogP contribution in [0.1, 0.15) is 38.1 Å². The van der Waals surface area contributed by atoms with Gasteiger partial charge in [0.1, 0.15) is 0 Å². The predicted octanol–water partition coefficient (Wildman–Crippen LogP) is 3.23. The molecule has 5 nitrogen and oxygen atoms in total. The SMILES string of the molecule is CN1CCN(c2nc3ccccc3n2C2CCN(CC3CCC3)CC2)CC1. The van der Waals surface area contributed by atoms with Crippen molar-refractivity contribution in [2.24, 2.45) is 5.92 Å². The lowest BCUT2D eigenvalue weighted by Gasteiger charge is -2.39. The molecule has 1 aliphatic carbocycles. The molecule has 2 saturated heterocycles. The molecule has 3 fully saturated rings. The van der Waals surface area contributed by atoms with Gasteiger partial charge < -0.3 is 19.3 Å². The van der Waals surface area contributed by atoms with Crippen LogP contribution in [0.4, 0.5) is 5.95 Å². The maximum Gasteiger partial charge on any atom is 0.206 e. The number of aromatic nitrogens is 2. The van der Waals surface area contributed by atoms with Crippen molar-refractivity contribution >= 4 is 17.0 Å². The number of hydrogen-bond acceptors (Lipinski definition) is 4. The first-order chi connectivity index (χ1) is 13.3. The van der Waals surface area contributed by atoms with E-state index in [0.29, 0.717) is 6.04 Å². The molecule has 0 spiro atoms. The van der Waals surface area contributed by atoms with E-state index in [1.165, 1.54) is 63.2 Å². The molecule has 3 heterocycles. The zero-order valence-corrected chi connectivity index (χ0v) is 16.7. The third kappa shape index (κ3) is 3.47. The molecular weight excluding hydrogens is 334 g/mol. The Bertz CT molecular complexity index is 764. The van der Waals surface area contributed by atoms with Crippen LogP contribution < -0.4 is 4.90 Å². The quantitative estimate of drug-likeness (QED) is 0.829. The zero-order chi connectivity index (χ0) is 18.2. The summed E-state index contributed by atoms with van der Waals surface area (Å²) in [5, 5.41) is 0. The number of nitrogens with zero attached hydrogens (tertiary/aromatic N) is 5. The summed E-state index contributed by atoms with van der Waals surface area (Å²) < 4.78 is 2.58. The number of rotatable bonds is 4. The Kier molecular flexibility index (Phi) is 4.82. The summed E-state index contributed by atoms with van der Waals surface area (Å²) in [6, 6.07) is 9.32. The van der Waals surface area contributed by atoms with Gasteiger partial charge in [-0.05, 0) is 50.8 Å². The fourth-order valence-electron chi connectivity index (χ4n) is 5.02. The monoisotopic (exact) mass is 367 g/mol. The molecule has 1 saturated carbocycles. The van der Waals surface area contributed by atoms with Crippen LogP contribution in [0.15, 0.2) is 24.3 Å². The molecule has 3 aliphatic rings. The highest BCUT2D eigenvalue weighted by atomic mass is 15.4. The van der Waals surface area contributed by atoms with E-state index in [2.05, 4.69) is 50.6 Å². The van der Waals surface area contributed by atoms with Crippen molar-refractivity contribution in [2.45, 2.75) is 38.1 Å². The Labute approximate surface area is 162 Å². The van der Waals surface area contributed by atoms with Gasteiger partial charge in [0.2, 0.25) is 5.95 Å². The second-order valence-electron chi connectivity index (χ2n) is 8.89. The Balaban J connectivity index is 1.37. The Morgan fingerprint density at radius 2 is 1.67 bits per heavy atom. The molecule has 1 aromatic heterocycles. The third-order valence-corrected chi connectivity index (χ3v) is 7.03. The molecule has 0 amide bonds. The highest BCUT2D eigenvalue weighted by Gasteiger charge is 2.29. The zero-order valence-electron chi connectivity index (χ0n) is 16.7.